The van der Waals surface area contributed by atoms with E-state index in [0.717, 1.165) is 0 Å². The molecule has 0 radical (unpaired) electrons. The zero-order chi connectivity index (χ0) is 15.1. The lowest BCUT2D eigenvalue weighted by molar-refractivity contribution is -0.384. The summed E-state index contributed by atoms with van der Waals surface area (Å²) in [5, 5.41) is 11.1. The quantitative estimate of drug-likeness (QED) is 0.328. The minimum atomic E-state index is -0.654. The van der Waals surface area contributed by atoms with E-state index in [9.17, 15) is 14.9 Å². The molecule has 0 N–H and O–H groups in total. The minimum Gasteiger partial charge on any atom is -0.464 e. The van der Waals surface area contributed by atoms with Gasteiger partial charge in [0.15, 0.2) is 5.69 Å². The monoisotopic (exact) mass is 277 g/mol. The standard InChI is InChI=1S/C13H15N3O4/c1-4-8-15(9-5-2)12-11(16(18)19)7-6-10(14-12)13(17)20-3/h4-7H,1-2,8-9H2,3H3. The summed E-state index contributed by atoms with van der Waals surface area (Å²) in [7, 11) is 1.22. The topological polar surface area (TPSA) is 85.6 Å². The second kappa shape index (κ2) is 7.03. The Kier molecular flexibility index (Phi) is 5.40. The van der Waals surface area contributed by atoms with Crippen molar-refractivity contribution in [1.29, 1.82) is 0 Å². The molecule has 0 unspecified atom stereocenters. The fourth-order valence-electron chi connectivity index (χ4n) is 1.59. The maximum atomic E-state index is 11.5. The van der Waals surface area contributed by atoms with E-state index in [2.05, 4.69) is 22.9 Å². The molecule has 0 atom stereocenters. The third kappa shape index (κ3) is 3.41. The van der Waals surface area contributed by atoms with Crippen LogP contribution in [-0.2, 0) is 4.74 Å². The third-order valence-corrected chi connectivity index (χ3v) is 2.44. The van der Waals surface area contributed by atoms with Crippen LogP contribution in [0.25, 0.3) is 0 Å². The van der Waals surface area contributed by atoms with E-state index in [1.165, 1.54) is 19.2 Å². The lowest BCUT2D eigenvalue weighted by atomic mass is 10.3. The summed E-state index contributed by atoms with van der Waals surface area (Å²) in [5.74, 6) is -0.573. The molecule has 0 aliphatic heterocycles. The van der Waals surface area contributed by atoms with Crippen molar-refractivity contribution in [2.24, 2.45) is 0 Å². The van der Waals surface area contributed by atoms with E-state index in [0.29, 0.717) is 13.1 Å². The van der Waals surface area contributed by atoms with Crippen LogP contribution in [0.2, 0.25) is 0 Å². The number of hydrogen-bond acceptors (Lipinski definition) is 6. The van der Waals surface area contributed by atoms with Gasteiger partial charge in [-0.05, 0) is 6.07 Å². The molecule has 106 valence electrons. The summed E-state index contributed by atoms with van der Waals surface area (Å²) in [4.78, 5) is 27.6. The van der Waals surface area contributed by atoms with Crippen LogP contribution in [0.1, 0.15) is 10.5 Å². The van der Waals surface area contributed by atoms with Crippen LogP contribution in [0.3, 0.4) is 0 Å². The largest absolute Gasteiger partial charge is 0.464 e. The van der Waals surface area contributed by atoms with E-state index < -0.39 is 10.9 Å². The Morgan fingerprint density at radius 3 is 2.50 bits per heavy atom. The Balaban J connectivity index is 3.35. The molecule has 0 fully saturated rings. The highest BCUT2D eigenvalue weighted by Gasteiger charge is 2.22. The molecule has 7 nitrogen and oxygen atoms in total. The second-order valence-electron chi connectivity index (χ2n) is 3.77. The molecule has 7 heteroatoms. The Bertz CT molecular complexity index is 532. The highest BCUT2D eigenvalue weighted by molar-refractivity contribution is 5.88. The van der Waals surface area contributed by atoms with Crippen molar-refractivity contribution in [3.63, 3.8) is 0 Å². The number of rotatable bonds is 7. The van der Waals surface area contributed by atoms with Gasteiger partial charge in [-0.1, -0.05) is 12.2 Å². The Morgan fingerprint density at radius 1 is 1.45 bits per heavy atom. The van der Waals surface area contributed by atoms with Gasteiger partial charge in [0.25, 0.3) is 0 Å². The number of pyridine rings is 1. The number of ether oxygens (including phenoxy) is 1. The fraction of sp³-hybridized carbons (Fsp3) is 0.231. The summed E-state index contributed by atoms with van der Waals surface area (Å²) in [6.45, 7) is 7.86. The summed E-state index contributed by atoms with van der Waals surface area (Å²) in [6.07, 6.45) is 3.17. The van der Waals surface area contributed by atoms with E-state index >= 15 is 0 Å². The normalized spacial score (nSPS) is 9.65. The molecule has 0 saturated heterocycles. The maximum absolute atomic E-state index is 11.5. The van der Waals surface area contributed by atoms with E-state index in [4.69, 9.17) is 0 Å². The molecule has 1 aromatic rings. The van der Waals surface area contributed by atoms with Gasteiger partial charge in [-0.25, -0.2) is 9.78 Å². The molecule has 0 bridgehead atoms. The number of anilines is 1. The fourth-order valence-corrected chi connectivity index (χ4v) is 1.59. The molecular weight excluding hydrogens is 262 g/mol. The molecule has 1 aromatic heterocycles. The highest BCUT2D eigenvalue weighted by Crippen LogP contribution is 2.26. The van der Waals surface area contributed by atoms with Gasteiger partial charge in [-0.2, -0.15) is 0 Å². The first-order valence-corrected chi connectivity index (χ1v) is 5.75. The number of nitro groups is 1. The highest BCUT2D eigenvalue weighted by atomic mass is 16.6. The zero-order valence-corrected chi connectivity index (χ0v) is 11.1. The Morgan fingerprint density at radius 2 is 2.05 bits per heavy atom. The van der Waals surface area contributed by atoms with Gasteiger partial charge in [0.1, 0.15) is 0 Å². The second-order valence-corrected chi connectivity index (χ2v) is 3.77. The number of aromatic nitrogens is 1. The van der Waals surface area contributed by atoms with E-state index in [1.54, 1.807) is 17.1 Å². The SMILES string of the molecule is C=CCN(CC=C)c1nc(C(=O)OC)ccc1[N+](=O)[O-]. The van der Waals surface area contributed by atoms with Gasteiger partial charge in [0.05, 0.1) is 12.0 Å². The summed E-state index contributed by atoms with van der Waals surface area (Å²) in [6, 6.07) is 2.49. The number of methoxy groups -OCH3 is 1. The molecule has 0 spiro atoms. The van der Waals surface area contributed by atoms with Gasteiger partial charge in [-0.3, -0.25) is 10.1 Å². The number of hydrogen-bond donors (Lipinski definition) is 0. The lowest BCUT2D eigenvalue weighted by Gasteiger charge is -2.20. The average Bonchev–Trinajstić information content (AvgIpc) is 2.45. The number of esters is 1. The maximum Gasteiger partial charge on any atom is 0.356 e. The van der Waals surface area contributed by atoms with Crippen molar-refractivity contribution in [2.75, 3.05) is 25.1 Å². The van der Waals surface area contributed by atoms with Crippen molar-refractivity contribution >= 4 is 17.5 Å². The summed E-state index contributed by atoms with van der Waals surface area (Å²) < 4.78 is 4.56. The average molecular weight is 277 g/mol. The predicted molar refractivity (Wildman–Crippen MR) is 74.8 cm³/mol. The van der Waals surface area contributed by atoms with Crippen molar-refractivity contribution in [3.05, 3.63) is 53.3 Å². The molecule has 0 amide bonds. The Labute approximate surface area is 116 Å². The van der Waals surface area contributed by atoms with Crippen LogP contribution >= 0.6 is 0 Å². The first-order valence-electron chi connectivity index (χ1n) is 5.75. The van der Waals surface area contributed by atoms with Crippen LogP contribution in [0.4, 0.5) is 11.5 Å². The number of carbonyl (C=O) groups is 1. The van der Waals surface area contributed by atoms with Gasteiger partial charge in [0, 0.05) is 19.2 Å². The number of carbonyl (C=O) groups excluding carboxylic acids is 1. The van der Waals surface area contributed by atoms with Crippen molar-refractivity contribution in [2.45, 2.75) is 0 Å². The molecule has 0 aliphatic rings. The van der Waals surface area contributed by atoms with Crippen LogP contribution in [0.15, 0.2) is 37.4 Å². The van der Waals surface area contributed by atoms with E-state index in [-0.39, 0.29) is 17.2 Å². The molecule has 1 heterocycles. The Hall–Kier alpha value is -2.70. The van der Waals surface area contributed by atoms with Crippen LogP contribution in [-0.4, -0.2) is 36.1 Å². The number of nitrogens with zero attached hydrogens (tertiary/aromatic N) is 3. The molecular formula is C13H15N3O4. The zero-order valence-electron chi connectivity index (χ0n) is 11.1. The molecule has 1 rings (SSSR count). The van der Waals surface area contributed by atoms with Crippen molar-refractivity contribution in [3.8, 4) is 0 Å². The van der Waals surface area contributed by atoms with Gasteiger partial charge in [-0.15, -0.1) is 13.2 Å². The smallest absolute Gasteiger partial charge is 0.356 e. The van der Waals surface area contributed by atoms with Crippen LogP contribution < -0.4 is 4.90 Å². The van der Waals surface area contributed by atoms with Gasteiger partial charge in [0.2, 0.25) is 5.82 Å². The van der Waals surface area contributed by atoms with Crippen LogP contribution in [0, 0.1) is 10.1 Å². The third-order valence-electron chi connectivity index (χ3n) is 2.44. The van der Waals surface area contributed by atoms with Gasteiger partial charge >= 0.3 is 11.7 Å². The molecule has 0 saturated carbocycles. The first kappa shape index (κ1) is 15.4. The first-order chi connectivity index (χ1) is 9.54. The summed E-state index contributed by atoms with van der Waals surface area (Å²) >= 11 is 0. The molecule has 0 aliphatic carbocycles. The lowest BCUT2D eigenvalue weighted by Crippen LogP contribution is -2.26. The van der Waals surface area contributed by atoms with Crippen LogP contribution in [0.5, 0.6) is 0 Å². The van der Waals surface area contributed by atoms with E-state index in [1.807, 2.05) is 0 Å². The van der Waals surface area contributed by atoms with Gasteiger partial charge < -0.3 is 9.64 Å². The summed E-state index contributed by atoms with van der Waals surface area (Å²) in [5.41, 5.74) is -0.187. The van der Waals surface area contributed by atoms with Crippen molar-refractivity contribution < 1.29 is 14.5 Å². The minimum absolute atomic E-state index is 0.00576. The molecule has 0 aromatic carbocycles. The molecule has 20 heavy (non-hydrogen) atoms. The van der Waals surface area contributed by atoms with Crippen molar-refractivity contribution in [1.82, 2.24) is 4.98 Å². The predicted octanol–water partition coefficient (Wildman–Crippen LogP) is 1.95.